The van der Waals surface area contributed by atoms with Crippen LogP contribution in [0.5, 0.6) is 0 Å². The van der Waals surface area contributed by atoms with Crippen LogP contribution in [0.2, 0.25) is 0 Å². The first-order valence-electron chi connectivity index (χ1n) is 8.07. The number of anilines is 1. The lowest BCUT2D eigenvalue weighted by Crippen LogP contribution is -2.16. The maximum atomic E-state index is 13.2. The lowest BCUT2D eigenvalue weighted by atomic mass is 10.1. The van der Waals surface area contributed by atoms with Gasteiger partial charge in [-0.3, -0.25) is 4.68 Å². The summed E-state index contributed by atoms with van der Waals surface area (Å²) >= 11 is 0. The van der Waals surface area contributed by atoms with Gasteiger partial charge in [-0.05, 0) is 25.5 Å². The van der Waals surface area contributed by atoms with E-state index < -0.39 is 11.9 Å². The van der Waals surface area contributed by atoms with Crippen LogP contribution in [-0.4, -0.2) is 26.3 Å². The van der Waals surface area contributed by atoms with Gasteiger partial charge >= 0.3 is 6.18 Å². The molecule has 3 aromatic rings. The summed E-state index contributed by atoms with van der Waals surface area (Å²) in [5.74, 6) is -0.0562. The van der Waals surface area contributed by atoms with Gasteiger partial charge in [0.05, 0.1) is 18.4 Å². The highest BCUT2D eigenvalue weighted by atomic mass is 19.4. The average molecular weight is 361 g/mol. The maximum Gasteiger partial charge on any atom is 0.433 e. The molecule has 1 aromatic carbocycles. The van der Waals surface area contributed by atoms with Gasteiger partial charge < -0.3 is 5.32 Å². The Bertz CT molecular complexity index is 885. The van der Waals surface area contributed by atoms with E-state index in [4.69, 9.17) is 0 Å². The Labute approximate surface area is 148 Å². The standard InChI is InChI=1S/C18H18F3N5/c1-12-3-5-14(6-4-12)15-9-16(18(19,20)21)25-17(24-15)22-7-8-26-11-13(2)10-23-26/h3-6,9-11H,7-8H2,1-2H3,(H,22,24,25). The molecular formula is C18H18F3N5. The molecule has 0 unspecified atom stereocenters. The Hall–Kier alpha value is -2.90. The lowest BCUT2D eigenvalue weighted by Gasteiger charge is -2.12. The van der Waals surface area contributed by atoms with Crippen molar-refractivity contribution in [1.82, 2.24) is 19.7 Å². The van der Waals surface area contributed by atoms with Crippen molar-refractivity contribution in [2.45, 2.75) is 26.6 Å². The monoisotopic (exact) mass is 361 g/mol. The number of halogens is 3. The van der Waals surface area contributed by atoms with Crippen LogP contribution in [0.1, 0.15) is 16.8 Å². The molecule has 0 amide bonds. The molecule has 2 aromatic heterocycles. The van der Waals surface area contributed by atoms with Crippen LogP contribution in [0.25, 0.3) is 11.3 Å². The number of nitrogens with zero attached hydrogens (tertiary/aromatic N) is 4. The molecule has 2 heterocycles. The first-order chi connectivity index (χ1) is 12.3. The molecule has 26 heavy (non-hydrogen) atoms. The van der Waals surface area contributed by atoms with Crippen molar-refractivity contribution in [3.8, 4) is 11.3 Å². The molecule has 8 heteroatoms. The van der Waals surface area contributed by atoms with Crippen LogP contribution < -0.4 is 5.32 Å². The number of alkyl halides is 3. The number of aromatic nitrogens is 4. The van der Waals surface area contributed by atoms with Gasteiger partial charge in [0, 0.05) is 18.3 Å². The third-order valence-electron chi connectivity index (χ3n) is 3.75. The van der Waals surface area contributed by atoms with E-state index in [0.29, 0.717) is 18.7 Å². The number of nitrogens with one attached hydrogen (secondary N) is 1. The third kappa shape index (κ3) is 4.38. The fourth-order valence-electron chi connectivity index (χ4n) is 2.42. The van der Waals surface area contributed by atoms with Gasteiger partial charge in [0.2, 0.25) is 5.95 Å². The van der Waals surface area contributed by atoms with E-state index in [1.807, 2.05) is 32.2 Å². The summed E-state index contributed by atoms with van der Waals surface area (Å²) in [6.45, 7) is 4.68. The summed E-state index contributed by atoms with van der Waals surface area (Å²) in [5, 5.41) is 6.99. The smallest absolute Gasteiger partial charge is 0.352 e. The van der Waals surface area contributed by atoms with Crippen molar-refractivity contribution in [3.63, 3.8) is 0 Å². The summed E-state index contributed by atoms with van der Waals surface area (Å²) in [6, 6.07) is 8.12. The van der Waals surface area contributed by atoms with Gasteiger partial charge in [0.15, 0.2) is 5.69 Å². The second-order valence-corrected chi connectivity index (χ2v) is 6.03. The molecule has 3 rings (SSSR count). The van der Waals surface area contributed by atoms with E-state index in [0.717, 1.165) is 17.2 Å². The molecule has 0 saturated heterocycles. The second-order valence-electron chi connectivity index (χ2n) is 6.03. The first-order valence-corrected chi connectivity index (χ1v) is 8.07. The molecule has 0 aliphatic heterocycles. The number of aryl methyl sites for hydroxylation is 2. The molecule has 1 N–H and O–H groups in total. The van der Waals surface area contributed by atoms with Crippen molar-refractivity contribution in [3.05, 3.63) is 59.5 Å². The highest BCUT2D eigenvalue weighted by molar-refractivity contribution is 5.61. The van der Waals surface area contributed by atoms with Crippen LogP contribution in [-0.2, 0) is 12.7 Å². The minimum absolute atomic E-state index is 0.0562. The number of hydrogen-bond donors (Lipinski definition) is 1. The quantitative estimate of drug-likeness (QED) is 0.744. The second kappa shape index (κ2) is 7.15. The van der Waals surface area contributed by atoms with E-state index in [1.165, 1.54) is 0 Å². The van der Waals surface area contributed by atoms with Gasteiger partial charge in [0.1, 0.15) is 0 Å². The van der Waals surface area contributed by atoms with Crippen LogP contribution in [0, 0.1) is 13.8 Å². The summed E-state index contributed by atoms with van der Waals surface area (Å²) in [7, 11) is 0. The topological polar surface area (TPSA) is 55.6 Å². The minimum atomic E-state index is -4.54. The van der Waals surface area contributed by atoms with Crippen LogP contribution in [0.15, 0.2) is 42.7 Å². The molecule has 0 radical (unpaired) electrons. The normalized spacial score (nSPS) is 11.6. The average Bonchev–Trinajstić information content (AvgIpc) is 3.00. The third-order valence-corrected chi connectivity index (χ3v) is 3.75. The fraction of sp³-hybridized carbons (Fsp3) is 0.278. The molecule has 5 nitrogen and oxygen atoms in total. The fourth-order valence-corrected chi connectivity index (χ4v) is 2.42. The summed E-state index contributed by atoms with van der Waals surface area (Å²) in [6.07, 6.45) is -0.972. The SMILES string of the molecule is Cc1ccc(-c2cc(C(F)(F)F)nc(NCCn3cc(C)cn3)n2)cc1. The van der Waals surface area contributed by atoms with Crippen LogP contribution in [0.4, 0.5) is 19.1 Å². The van der Waals surface area contributed by atoms with Crippen molar-refractivity contribution in [1.29, 1.82) is 0 Å². The van der Waals surface area contributed by atoms with E-state index in [2.05, 4.69) is 20.4 Å². The van der Waals surface area contributed by atoms with Crippen molar-refractivity contribution < 1.29 is 13.2 Å². The maximum absolute atomic E-state index is 13.2. The zero-order valence-corrected chi connectivity index (χ0v) is 14.4. The Morgan fingerprint density at radius 1 is 1.04 bits per heavy atom. The van der Waals surface area contributed by atoms with Gasteiger partial charge in [-0.25, -0.2) is 9.97 Å². The molecule has 0 saturated carbocycles. The zero-order valence-electron chi connectivity index (χ0n) is 14.4. The van der Waals surface area contributed by atoms with E-state index in [1.54, 1.807) is 23.0 Å². The zero-order chi connectivity index (χ0) is 18.7. The van der Waals surface area contributed by atoms with E-state index in [-0.39, 0.29) is 11.6 Å². The summed E-state index contributed by atoms with van der Waals surface area (Å²) in [5.41, 5.74) is 1.90. The highest BCUT2D eigenvalue weighted by Crippen LogP contribution is 2.31. The Morgan fingerprint density at radius 2 is 1.77 bits per heavy atom. The van der Waals surface area contributed by atoms with Crippen LogP contribution in [0.3, 0.4) is 0 Å². The molecular weight excluding hydrogens is 343 g/mol. The lowest BCUT2D eigenvalue weighted by molar-refractivity contribution is -0.141. The molecule has 0 bridgehead atoms. The number of benzene rings is 1. The first kappa shape index (κ1) is 17.9. The largest absolute Gasteiger partial charge is 0.433 e. The Morgan fingerprint density at radius 3 is 2.38 bits per heavy atom. The van der Waals surface area contributed by atoms with Gasteiger partial charge in [-0.15, -0.1) is 0 Å². The molecule has 136 valence electrons. The Kier molecular flexibility index (Phi) is 4.92. The Balaban J connectivity index is 1.83. The number of rotatable bonds is 5. The van der Waals surface area contributed by atoms with Crippen LogP contribution >= 0.6 is 0 Å². The molecule has 0 fully saturated rings. The van der Waals surface area contributed by atoms with Crippen molar-refractivity contribution >= 4 is 5.95 Å². The summed E-state index contributed by atoms with van der Waals surface area (Å²) in [4.78, 5) is 7.84. The van der Waals surface area contributed by atoms with E-state index >= 15 is 0 Å². The number of hydrogen-bond acceptors (Lipinski definition) is 4. The molecule has 0 aliphatic carbocycles. The highest BCUT2D eigenvalue weighted by Gasteiger charge is 2.33. The minimum Gasteiger partial charge on any atom is -0.352 e. The molecule has 0 spiro atoms. The van der Waals surface area contributed by atoms with E-state index in [9.17, 15) is 13.2 Å². The van der Waals surface area contributed by atoms with Gasteiger partial charge in [0.25, 0.3) is 0 Å². The van der Waals surface area contributed by atoms with Gasteiger partial charge in [-0.1, -0.05) is 29.8 Å². The predicted molar refractivity (Wildman–Crippen MR) is 92.7 cm³/mol. The molecule has 0 atom stereocenters. The molecule has 0 aliphatic rings. The van der Waals surface area contributed by atoms with Gasteiger partial charge in [-0.2, -0.15) is 18.3 Å². The van der Waals surface area contributed by atoms with Crippen molar-refractivity contribution in [2.75, 3.05) is 11.9 Å². The predicted octanol–water partition coefficient (Wildman–Crippen LogP) is 4.09. The summed E-state index contributed by atoms with van der Waals surface area (Å²) < 4.78 is 41.3. The van der Waals surface area contributed by atoms with Crippen molar-refractivity contribution in [2.24, 2.45) is 0 Å².